The van der Waals surface area contributed by atoms with Crippen molar-refractivity contribution < 1.29 is 14.1 Å². The van der Waals surface area contributed by atoms with Crippen LogP contribution in [0, 0.1) is 5.92 Å². The van der Waals surface area contributed by atoms with Crippen LogP contribution in [0.3, 0.4) is 0 Å². The normalized spacial score (nSPS) is 17.9. The molecule has 0 amide bonds. The molecular weight excluding hydrogens is 208 g/mol. The van der Waals surface area contributed by atoms with Gasteiger partial charge in [-0.25, -0.2) is 4.79 Å². The van der Waals surface area contributed by atoms with Crippen LogP contribution in [0.25, 0.3) is 0 Å². The Balaban J connectivity index is 2.03. The molecule has 88 valence electrons. The summed E-state index contributed by atoms with van der Waals surface area (Å²) in [6, 6.07) is 0. The van der Waals surface area contributed by atoms with E-state index >= 15 is 0 Å². The fourth-order valence-corrected chi connectivity index (χ4v) is 1.84. The van der Waals surface area contributed by atoms with Gasteiger partial charge in [0.2, 0.25) is 5.89 Å². The lowest BCUT2D eigenvalue weighted by Crippen LogP contribution is -2.18. The molecule has 0 aromatic carbocycles. The molecule has 1 aliphatic rings. The maximum absolute atomic E-state index is 11.3. The third-order valence-electron chi connectivity index (χ3n) is 3.15. The largest absolute Gasteiger partial charge is 0.460 e. The monoisotopic (exact) mass is 224 g/mol. The van der Waals surface area contributed by atoms with Gasteiger partial charge >= 0.3 is 5.97 Å². The Kier molecular flexibility index (Phi) is 3.22. The van der Waals surface area contributed by atoms with Crippen LogP contribution < -0.4 is 0 Å². The van der Waals surface area contributed by atoms with Gasteiger partial charge in [-0.05, 0) is 30.8 Å². The van der Waals surface area contributed by atoms with Crippen molar-refractivity contribution >= 4 is 5.97 Å². The summed E-state index contributed by atoms with van der Waals surface area (Å²) in [5, 5.41) is 3.64. The Hall–Kier alpha value is -1.39. The summed E-state index contributed by atoms with van der Waals surface area (Å²) in [7, 11) is 0. The van der Waals surface area contributed by atoms with E-state index in [0.29, 0.717) is 18.4 Å². The second kappa shape index (κ2) is 4.63. The van der Waals surface area contributed by atoms with E-state index in [1.54, 1.807) is 6.92 Å². The van der Waals surface area contributed by atoms with E-state index in [2.05, 4.69) is 17.1 Å². The Bertz CT molecular complexity index is 371. The van der Waals surface area contributed by atoms with E-state index in [4.69, 9.17) is 9.26 Å². The molecule has 1 aromatic rings. The first-order valence-corrected chi connectivity index (χ1v) is 5.73. The van der Waals surface area contributed by atoms with Crippen molar-refractivity contribution in [1.82, 2.24) is 10.1 Å². The molecule has 0 spiro atoms. The minimum absolute atomic E-state index is 0.0306. The number of esters is 1. The summed E-state index contributed by atoms with van der Waals surface area (Å²) in [5.41, 5.74) is 0. The third kappa shape index (κ3) is 2.08. The van der Waals surface area contributed by atoms with Gasteiger partial charge in [-0.2, -0.15) is 4.98 Å². The first-order chi connectivity index (χ1) is 7.72. The SMILES string of the molecule is CCOC(=O)c1noc(C(C)C2CCC2)n1. The van der Waals surface area contributed by atoms with Gasteiger partial charge in [-0.1, -0.05) is 13.3 Å². The minimum Gasteiger partial charge on any atom is -0.460 e. The number of rotatable bonds is 4. The highest BCUT2D eigenvalue weighted by atomic mass is 16.5. The zero-order valence-corrected chi connectivity index (χ0v) is 9.60. The highest BCUT2D eigenvalue weighted by molar-refractivity contribution is 5.84. The summed E-state index contributed by atoms with van der Waals surface area (Å²) in [6.07, 6.45) is 3.68. The van der Waals surface area contributed by atoms with Gasteiger partial charge in [-0.15, -0.1) is 0 Å². The van der Waals surface area contributed by atoms with Gasteiger partial charge in [0.25, 0.3) is 5.82 Å². The molecule has 1 saturated carbocycles. The number of hydrogen-bond acceptors (Lipinski definition) is 5. The van der Waals surface area contributed by atoms with Crippen LogP contribution in [0.2, 0.25) is 0 Å². The van der Waals surface area contributed by atoms with Crippen molar-refractivity contribution in [3.05, 3.63) is 11.7 Å². The van der Waals surface area contributed by atoms with Crippen molar-refractivity contribution in [3.8, 4) is 0 Å². The summed E-state index contributed by atoms with van der Waals surface area (Å²) >= 11 is 0. The van der Waals surface area contributed by atoms with Gasteiger partial charge < -0.3 is 9.26 Å². The van der Waals surface area contributed by atoms with Crippen LogP contribution in [-0.4, -0.2) is 22.7 Å². The lowest BCUT2D eigenvalue weighted by atomic mass is 9.77. The molecule has 0 radical (unpaired) electrons. The van der Waals surface area contributed by atoms with Crippen molar-refractivity contribution in [2.24, 2.45) is 5.92 Å². The van der Waals surface area contributed by atoms with Gasteiger partial charge in [0, 0.05) is 5.92 Å². The topological polar surface area (TPSA) is 65.2 Å². The molecule has 0 saturated heterocycles. The van der Waals surface area contributed by atoms with Crippen molar-refractivity contribution in [2.45, 2.75) is 39.0 Å². The molecular formula is C11H16N2O3. The van der Waals surface area contributed by atoms with Crippen molar-refractivity contribution in [3.63, 3.8) is 0 Å². The van der Waals surface area contributed by atoms with E-state index in [0.717, 1.165) is 0 Å². The second-order valence-corrected chi connectivity index (χ2v) is 4.16. The number of ether oxygens (including phenoxy) is 1. The molecule has 5 heteroatoms. The molecule has 2 rings (SSSR count). The summed E-state index contributed by atoms with van der Waals surface area (Å²) in [6.45, 7) is 4.13. The Morgan fingerprint density at radius 2 is 2.38 bits per heavy atom. The van der Waals surface area contributed by atoms with Crippen LogP contribution in [-0.2, 0) is 4.74 Å². The number of hydrogen-bond donors (Lipinski definition) is 0. The molecule has 1 aliphatic carbocycles. The first-order valence-electron chi connectivity index (χ1n) is 5.73. The third-order valence-corrected chi connectivity index (χ3v) is 3.15. The molecule has 1 aromatic heterocycles. The second-order valence-electron chi connectivity index (χ2n) is 4.16. The van der Waals surface area contributed by atoms with E-state index in [9.17, 15) is 4.79 Å². The molecule has 0 bridgehead atoms. The van der Waals surface area contributed by atoms with Crippen LogP contribution in [0.4, 0.5) is 0 Å². The molecule has 1 heterocycles. The Morgan fingerprint density at radius 1 is 1.62 bits per heavy atom. The smallest absolute Gasteiger partial charge is 0.379 e. The van der Waals surface area contributed by atoms with E-state index < -0.39 is 5.97 Å². The lowest BCUT2D eigenvalue weighted by molar-refractivity contribution is 0.0508. The van der Waals surface area contributed by atoms with Gasteiger partial charge in [0.05, 0.1) is 6.61 Å². The predicted octanol–water partition coefficient (Wildman–Crippen LogP) is 2.15. The van der Waals surface area contributed by atoms with Crippen molar-refractivity contribution in [1.29, 1.82) is 0 Å². The maximum atomic E-state index is 11.3. The standard InChI is InChI=1S/C11H16N2O3/c1-3-15-11(14)9-12-10(16-13-9)7(2)8-5-4-6-8/h7-8H,3-6H2,1-2H3. The number of carbonyl (C=O) groups excluding carboxylic acids is 1. The van der Waals surface area contributed by atoms with E-state index in [1.807, 2.05) is 0 Å². The summed E-state index contributed by atoms with van der Waals surface area (Å²) in [4.78, 5) is 15.4. The van der Waals surface area contributed by atoms with Gasteiger partial charge in [0.1, 0.15) is 0 Å². The van der Waals surface area contributed by atoms with Crippen LogP contribution in [0.1, 0.15) is 55.5 Å². The van der Waals surface area contributed by atoms with Crippen LogP contribution in [0.15, 0.2) is 4.52 Å². The Labute approximate surface area is 94.2 Å². The first kappa shape index (κ1) is 11.1. The fourth-order valence-electron chi connectivity index (χ4n) is 1.84. The van der Waals surface area contributed by atoms with Gasteiger partial charge in [0.15, 0.2) is 0 Å². The van der Waals surface area contributed by atoms with E-state index in [1.165, 1.54) is 19.3 Å². The fraction of sp³-hybridized carbons (Fsp3) is 0.727. The lowest BCUT2D eigenvalue weighted by Gasteiger charge is -2.28. The number of nitrogens with zero attached hydrogens (tertiary/aromatic N) is 2. The molecule has 0 N–H and O–H groups in total. The molecule has 1 atom stereocenters. The quantitative estimate of drug-likeness (QED) is 0.733. The molecule has 16 heavy (non-hydrogen) atoms. The van der Waals surface area contributed by atoms with Crippen LogP contribution in [0.5, 0.6) is 0 Å². The van der Waals surface area contributed by atoms with Crippen molar-refractivity contribution in [2.75, 3.05) is 6.61 Å². The van der Waals surface area contributed by atoms with Gasteiger partial charge in [-0.3, -0.25) is 0 Å². The summed E-state index contributed by atoms with van der Waals surface area (Å²) in [5.74, 6) is 0.925. The average molecular weight is 224 g/mol. The number of carbonyl (C=O) groups is 1. The predicted molar refractivity (Wildman–Crippen MR) is 56.0 cm³/mol. The summed E-state index contributed by atoms with van der Waals surface area (Å²) < 4.78 is 9.89. The highest BCUT2D eigenvalue weighted by Crippen LogP contribution is 2.38. The zero-order valence-electron chi connectivity index (χ0n) is 9.60. The molecule has 1 unspecified atom stereocenters. The maximum Gasteiger partial charge on any atom is 0.379 e. The zero-order chi connectivity index (χ0) is 11.5. The Morgan fingerprint density at radius 3 is 2.94 bits per heavy atom. The highest BCUT2D eigenvalue weighted by Gasteiger charge is 2.29. The molecule has 5 nitrogen and oxygen atoms in total. The van der Waals surface area contributed by atoms with Crippen LogP contribution >= 0.6 is 0 Å². The van der Waals surface area contributed by atoms with E-state index in [-0.39, 0.29) is 11.7 Å². The molecule has 1 fully saturated rings. The number of aromatic nitrogens is 2. The minimum atomic E-state index is -0.515. The average Bonchev–Trinajstić information content (AvgIpc) is 2.63. The molecule has 0 aliphatic heterocycles.